The van der Waals surface area contributed by atoms with E-state index in [-0.39, 0.29) is 6.61 Å². The minimum atomic E-state index is -0.442. The third-order valence-electron chi connectivity index (χ3n) is 4.45. The van der Waals surface area contributed by atoms with Crippen molar-refractivity contribution in [2.45, 2.75) is 27.1 Å². The normalized spacial score (nSPS) is 10.9. The van der Waals surface area contributed by atoms with Crippen molar-refractivity contribution in [3.05, 3.63) is 81.7 Å². The molecule has 3 rings (SSSR count). The van der Waals surface area contributed by atoms with Gasteiger partial charge < -0.3 is 18.7 Å². The van der Waals surface area contributed by atoms with Crippen LogP contribution in [0.2, 0.25) is 5.02 Å². The number of ether oxygens (including phenoxy) is 3. The van der Waals surface area contributed by atoms with Crippen molar-refractivity contribution in [2.24, 2.45) is 0 Å². The van der Waals surface area contributed by atoms with E-state index in [1.807, 2.05) is 32.0 Å². The number of halogens is 1. The third kappa shape index (κ3) is 5.64. The Morgan fingerprint density at radius 3 is 2.53 bits per heavy atom. The Morgan fingerprint density at radius 1 is 1.10 bits per heavy atom. The van der Waals surface area contributed by atoms with E-state index in [1.165, 1.54) is 6.08 Å². The summed E-state index contributed by atoms with van der Waals surface area (Å²) in [5.41, 5.74) is 3.34. The molecule has 156 valence electrons. The molecule has 0 aliphatic carbocycles. The number of carbonyl (C=O) groups is 1. The fourth-order valence-electron chi connectivity index (χ4n) is 2.71. The van der Waals surface area contributed by atoms with Gasteiger partial charge in [-0.15, -0.1) is 0 Å². The molecule has 0 saturated heterocycles. The number of esters is 1. The van der Waals surface area contributed by atoms with E-state index in [2.05, 4.69) is 5.16 Å². The van der Waals surface area contributed by atoms with Crippen molar-refractivity contribution in [3.8, 4) is 11.5 Å². The fraction of sp³-hybridized carbons (Fsp3) is 0.217. The first-order chi connectivity index (χ1) is 14.5. The van der Waals surface area contributed by atoms with Gasteiger partial charge in [0.25, 0.3) is 0 Å². The Labute approximate surface area is 180 Å². The maximum Gasteiger partial charge on any atom is 0.331 e. The molecule has 1 aromatic heterocycles. The molecule has 0 N–H and O–H groups in total. The van der Waals surface area contributed by atoms with E-state index in [0.29, 0.717) is 23.1 Å². The van der Waals surface area contributed by atoms with Crippen LogP contribution >= 0.6 is 11.6 Å². The Hall–Kier alpha value is -3.25. The van der Waals surface area contributed by atoms with Crippen molar-refractivity contribution in [1.82, 2.24) is 5.16 Å². The minimum Gasteiger partial charge on any atom is -0.493 e. The Morgan fingerprint density at radius 2 is 1.87 bits per heavy atom. The lowest BCUT2D eigenvalue weighted by Crippen LogP contribution is -2.01. The van der Waals surface area contributed by atoms with E-state index in [0.717, 1.165) is 28.1 Å². The number of nitrogens with zero attached hydrogens (tertiary/aromatic N) is 1. The van der Waals surface area contributed by atoms with Gasteiger partial charge in [0.2, 0.25) is 0 Å². The molecule has 30 heavy (non-hydrogen) atoms. The quantitative estimate of drug-likeness (QED) is 0.359. The highest BCUT2D eigenvalue weighted by Crippen LogP contribution is 2.30. The van der Waals surface area contributed by atoms with Crippen LogP contribution in [0.1, 0.15) is 28.1 Å². The molecule has 0 fully saturated rings. The Kier molecular flexibility index (Phi) is 7.14. The van der Waals surface area contributed by atoms with E-state index in [9.17, 15) is 4.79 Å². The molecule has 0 bridgehead atoms. The van der Waals surface area contributed by atoms with Crippen LogP contribution in [0, 0.1) is 13.8 Å². The molecule has 7 heteroatoms. The summed E-state index contributed by atoms with van der Waals surface area (Å²) in [6.07, 6.45) is 3.03. The summed E-state index contributed by atoms with van der Waals surface area (Å²) in [5, 5.41) is 4.56. The highest BCUT2D eigenvalue weighted by molar-refractivity contribution is 6.30. The Balaban J connectivity index is 1.59. The highest BCUT2D eigenvalue weighted by Gasteiger charge is 2.12. The van der Waals surface area contributed by atoms with Crippen molar-refractivity contribution >= 4 is 23.6 Å². The number of aryl methyl sites for hydroxylation is 2. The van der Waals surface area contributed by atoms with Gasteiger partial charge in [-0.3, -0.25) is 0 Å². The molecule has 0 amide bonds. The molecule has 0 radical (unpaired) electrons. The summed E-state index contributed by atoms with van der Waals surface area (Å²) in [6.45, 7) is 4.21. The number of benzene rings is 2. The maximum absolute atomic E-state index is 12.0. The summed E-state index contributed by atoms with van der Waals surface area (Å²) in [5.74, 6) is 1.42. The van der Waals surface area contributed by atoms with E-state index in [1.54, 1.807) is 37.5 Å². The average Bonchev–Trinajstić information content (AvgIpc) is 3.07. The van der Waals surface area contributed by atoms with Crippen molar-refractivity contribution in [2.75, 3.05) is 7.11 Å². The lowest BCUT2D eigenvalue weighted by molar-refractivity contribution is -0.138. The number of aromatic nitrogens is 1. The van der Waals surface area contributed by atoms with Gasteiger partial charge in [-0.1, -0.05) is 35.0 Å². The predicted molar refractivity (Wildman–Crippen MR) is 114 cm³/mol. The highest BCUT2D eigenvalue weighted by atomic mass is 35.5. The largest absolute Gasteiger partial charge is 0.493 e. The zero-order chi connectivity index (χ0) is 21.5. The molecule has 6 nitrogen and oxygen atoms in total. The molecule has 0 aliphatic heterocycles. The summed E-state index contributed by atoms with van der Waals surface area (Å²) in [7, 11) is 1.56. The zero-order valence-electron chi connectivity index (χ0n) is 17.0. The molecule has 1 heterocycles. The molecule has 0 aliphatic rings. The average molecular weight is 428 g/mol. The molecule has 0 saturated carbocycles. The van der Waals surface area contributed by atoms with Gasteiger partial charge in [0, 0.05) is 11.1 Å². The molecule has 0 unspecified atom stereocenters. The maximum atomic E-state index is 12.0. The van der Waals surface area contributed by atoms with Crippen molar-refractivity contribution in [3.63, 3.8) is 0 Å². The SMILES string of the molecule is COc1cc(/C=C/C(=O)OCc2ccc(Cl)cc2)ccc1OCc1c(C)noc1C. The summed E-state index contributed by atoms with van der Waals surface area (Å²) < 4.78 is 21.7. The van der Waals surface area contributed by atoms with Crippen LogP contribution in [0.25, 0.3) is 6.08 Å². The van der Waals surface area contributed by atoms with Gasteiger partial charge in [0.05, 0.1) is 18.4 Å². The topological polar surface area (TPSA) is 70.8 Å². The summed E-state index contributed by atoms with van der Waals surface area (Å²) in [6, 6.07) is 12.5. The monoisotopic (exact) mass is 427 g/mol. The number of rotatable bonds is 8. The number of methoxy groups -OCH3 is 1. The molecule has 2 aromatic carbocycles. The van der Waals surface area contributed by atoms with Crippen LogP contribution in [0.15, 0.2) is 53.1 Å². The molecule has 0 atom stereocenters. The van der Waals surface area contributed by atoms with Gasteiger partial charge in [0.1, 0.15) is 19.0 Å². The smallest absolute Gasteiger partial charge is 0.331 e. The number of hydrogen-bond acceptors (Lipinski definition) is 6. The van der Waals surface area contributed by atoms with Crippen LogP contribution in [-0.2, 0) is 22.7 Å². The fourth-order valence-corrected chi connectivity index (χ4v) is 2.84. The van der Waals surface area contributed by atoms with Gasteiger partial charge in [-0.25, -0.2) is 4.79 Å². The third-order valence-corrected chi connectivity index (χ3v) is 4.70. The molecule has 0 spiro atoms. The molecular formula is C23H22ClNO5. The van der Waals surface area contributed by atoms with Gasteiger partial charge in [0.15, 0.2) is 11.5 Å². The van der Waals surface area contributed by atoms with Crippen LogP contribution in [-0.4, -0.2) is 18.2 Å². The standard InChI is InChI=1S/C23H22ClNO5/c1-15-20(16(2)30-25-15)14-28-21-10-6-17(12-22(21)27-3)7-11-23(26)29-13-18-4-8-19(24)9-5-18/h4-12H,13-14H2,1-3H3/b11-7+. The first-order valence-corrected chi connectivity index (χ1v) is 9.66. The van der Waals surface area contributed by atoms with Crippen LogP contribution in [0.3, 0.4) is 0 Å². The second-order valence-corrected chi connectivity index (χ2v) is 7.01. The van der Waals surface area contributed by atoms with Crippen molar-refractivity contribution < 1.29 is 23.5 Å². The predicted octanol–water partition coefficient (Wildman–Crippen LogP) is 5.29. The number of hydrogen-bond donors (Lipinski definition) is 0. The molecular weight excluding hydrogens is 406 g/mol. The minimum absolute atomic E-state index is 0.179. The Bertz CT molecular complexity index is 1020. The van der Waals surface area contributed by atoms with Crippen LogP contribution < -0.4 is 9.47 Å². The second kappa shape index (κ2) is 9.98. The van der Waals surface area contributed by atoms with Crippen LogP contribution in [0.5, 0.6) is 11.5 Å². The lowest BCUT2D eigenvalue weighted by Gasteiger charge is -2.11. The van der Waals surface area contributed by atoms with Gasteiger partial charge in [-0.05, 0) is 55.3 Å². The molecule has 3 aromatic rings. The van der Waals surface area contributed by atoms with Gasteiger partial charge >= 0.3 is 5.97 Å². The van der Waals surface area contributed by atoms with Crippen molar-refractivity contribution in [1.29, 1.82) is 0 Å². The van der Waals surface area contributed by atoms with E-state index in [4.69, 9.17) is 30.3 Å². The summed E-state index contributed by atoms with van der Waals surface area (Å²) in [4.78, 5) is 12.0. The second-order valence-electron chi connectivity index (χ2n) is 6.57. The van der Waals surface area contributed by atoms with E-state index < -0.39 is 5.97 Å². The first-order valence-electron chi connectivity index (χ1n) is 9.28. The zero-order valence-corrected chi connectivity index (χ0v) is 17.7. The summed E-state index contributed by atoms with van der Waals surface area (Å²) >= 11 is 5.84. The van der Waals surface area contributed by atoms with E-state index >= 15 is 0 Å². The van der Waals surface area contributed by atoms with Crippen LogP contribution in [0.4, 0.5) is 0 Å². The van der Waals surface area contributed by atoms with Gasteiger partial charge in [-0.2, -0.15) is 0 Å². The first kappa shape index (κ1) is 21.5. The number of carbonyl (C=O) groups excluding carboxylic acids is 1. The lowest BCUT2D eigenvalue weighted by atomic mass is 10.2.